The van der Waals surface area contributed by atoms with Gasteiger partial charge in [-0.15, -0.1) is 0 Å². The fourth-order valence-electron chi connectivity index (χ4n) is 3.62. The quantitative estimate of drug-likeness (QED) is 0.751. The third-order valence-electron chi connectivity index (χ3n) is 5.26. The van der Waals surface area contributed by atoms with E-state index in [1.807, 2.05) is 0 Å². The first-order valence-corrected chi connectivity index (χ1v) is 8.50. The molecule has 3 N–H and O–H groups in total. The number of hydrogen-bond donors (Lipinski definition) is 2. The van der Waals surface area contributed by atoms with Gasteiger partial charge >= 0.3 is 0 Å². The first-order valence-electron chi connectivity index (χ1n) is 8.50. The molecule has 3 unspecified atom stereocenters. The first-order chi connectivity index (χ1) is 9.49. The maximum atomic E-state index is 12.7. The molecule has 1 aliphatic rings. The molecule has 3 nitrogen and oxygen atoms in total. The van der Waals surface area contributed by atoms with Crippen molar-refractivity contribution in [1.29, 1.82) is 0 Å². The number of rotatable bonds is 7. The lowest BCUT2D eigenvalue weighted by molar-refractivity contribution is -0.132. The van der Waals surface area contributed by atoms with E-state index in [0.717, 1.165) is 44.4 Å². The largest absolute Gasteiger partial charge is 0.353 e. The van der Waals surface area contributed by atoms with Gasteiger partial charge < -0.3 is 11.1 Å². The van der Waals surface area contributed by atoms with E-state index in [0.29, 0.717) is 18.5 Å². The molecule has 1 fully saturated rings. The molecule has 1 saturated carbocycles. The van der Waals surface area contributed by atoms with Crippen molar-refractivity contribution in [2.24, 2.45) is 23.0 Å². The van der Waals surface area contributed by atoms with Gasteiger partial charge in [-0.3, -0.25) is 4.79 Å². The Hall–Kier alpha value is -0.570. The summed E-state index contributed by atoms with van der Waals surface area (Å²) in [6.45, 7) is 9.37. The second-order valence-corrected chi connectivity index (χ2v) is 6.92. The van der Waals surface area contributed by atoms with E-state index in [4.69, 9.17) is 5.73 Å². The summed E-state index contributed by atoms with van der Waals surface area (Å²) in [5.41, 5.74) is 5.64. The zero-order valence-electron chi connectivity index (χ0n) is 13.9. The summed E-state index contributed by atoms with van der Waals surface area (Å²) in [6.07, 6.45) is 7.31. The van der Waals surface area contributed by atoms with E-state index in [-0.39, 0.29) is 11.3 Å². The zero-order chi connectivity index (χ0) is 15.2. The summed E-state index contributed by atoms with van der Waals surface area (Å²) < 4.78 is 0. The summed E-state index contributed by atoms with van der Waals surface area (Å²) in [5.74, 6) is 1.70. The molecule has 0 aliphatic heterocycles. The predicted octanol–water partition coefficient (Wildman–Crippen LogP) is 3.47. The van der Waals surface area contributed by atoms with Crippen molar-refractivity contribution in [3.8, 4) is 0 Å². The van der Waals surface area contributed by atoms with Crippen molar-refractivity contribution >= 4 is 5.91 Å². The molecule has 0 aromatic heterocycles. The monoisotopic (exact) mass is 282 g/mol. The number of carbonyl (C=O) groups is 1. The highest BCUT2D eigenvalue weighted by Gasteiger charge is 2.37. The molecular weight excluding hydrogens is 248 g/mol. The molecule has 20 heavy (non-hydrogen) atoms. The van der Waals surface area contributed by atoms with E-state index in [9.17, 15) is 4.79 Å². The molecule has 0 saturated heterocycles. The second kappa shape index (κ2) is 8.02. The molecule has 0 bridgehead atoms. The molecule has 1 amide bonds. The van der Waals surface area contributed by atoms with Crippen molar-refractivity contribution < 1.29 is 4.79 Å². The average Bonchev–Trinajstić information content (AvgIpc) is 2.42. The maximum absolute atomic E-state index is 12.7. The highest BCUT2D eigenvalue weighted by Crippen LogP contribution is 2.32. The molecule has 0 radical (unpaired) electrons. The van der Waals surface area contributed by atoms with E-state index >= 15 is 0 Å². The minimum absolute atomic E-state index is 0.204. The van der Waals surface area contributed by atoms with Crippen LogP contribution in [0.1, 0.15) is 72.6 Å². The van der Waals surface area contributed by atoms with Crippen LogP contribution in [-0.4, -0.2) is 18.5 Å². The van der Waals surface area contributed by atoms with Gasteiger partial charge in [0.05, 0.1) is 5.41 Å². The van der Waals surface area contributed by atoms with Gasteiger partial charge in [0.15, 0.2) is 0 Å². The Kier molecular flexibility index (Phi) is 7.01. The number of nitrogens with two attached hydrogens (primary N) is 1. The van der Waals surface area contributed by atoms with Crippen LogP contribution < -0.4 is 11.1 Å². The molecule has 1 rings (SSSR count). The first kappa shape index (κ1) is 17.5. The third kappa shape index (κ3) is 4.21. The van der Waals surface area contributed by atoms with Crippen molar-refractivity contribution in [2.75, 3.05) is 6.54 Å². The maximum Gasteiger partial charge on any atom is 0.227 e. The van der Waals surface area contributed by atoms with Crippen LogP contribution in [0.4, 0.5) is 0 Å². The molecule has 118 valence electrons. The van der Waals surface area contributed by atoms with Gasteiger partial charge in [-0.2, -0.15) is 0 Å². The highest BCUT2D eigenvalue weighted by molar-refractivity contribution is 5.83. The Morgan fingerprint density at radius 3 is 2.20 bits per heavy atom. The van der Waals surface area contributed by atoms with Crippen LogP contribution in [0.15, 0.2) is 0 Å². The molecule has 1 aliphatic carbocycles. The van der Waals surface area contributed by atoms with Gasteiger partial charge in [-0.05, 0) is 43.9 Å². The minimum atomic E-state index is -0.337. The van der Waals surface area contributed by atoms with Crippen LogP contribution in [-0.2, 0) is 4.79 Å². The van der Waals surface area contributed by atoms with Crippen molar-refractivity contribution in [1.82, 2.24) is 5.32 Å². The summed E-state index contributed by atoms with van der Waals surface area (Å²) in [5, 5.41) is 3.31. The lowest BCUT2D eigenvalue weighted by Crippen LogP contribution is -2.50. The molecule has 0 aromatic rings. The molecule has 3 atom stereocenters. The van der Waals surface area contributed by atoms with Crippen LogP contribution in [0, 0.1) is 17.3 Å². The van der Waals surface area contributed by atoms with Crippen molar-refractivity contribution in [3.63, 3.8) is 0 Å². The highest BCUT2D eigenvalue weighted by atomic mass is 16.2. The SMILES string of the molecule is CCCC(CN)(CCC)C(=O)NC1CCC(C)C(C)C1. The van der Waals surface area contributed by atoms with Crippen LogP contribution in [0.3, 0.4) is 0 Å². The molecule has 0 heterocycles. The topological polar surface area (TPSA) is 55.1 Å². The molecule has 0 aromatic carbocycles. The van der Waals surface area contributed by atoms with E-state index < -0.39 is 0 Å². The Morgan fingerprint density at radius 1 is 1.15 bits per heavy atom. The lowest BCUT2D eigenvalue weighted by atomic mass is 9.76. The normalized spacial score (nSPS) is 27.4. The van der Waals surface area contributed by atoms with Gasteiger partial charge in [-0.25, -0.2) is 0 Å². The van der Waals surface area contributed by atoms with Gasteiger partial charge in [0, 0.05) is 12.6 Å². The fraction of sp³-hybridized carbons (Fsp3) is 0.941. The third-order valence-corrected chi connectivity index (χ3v) is 5.26. The Balaban J connectivity index is 2.66. The molecule has 0 spiro atoms. The Labute approximate surface area is 125 Å². The number of carbonyl (C=O) groups excluding carboxylic acids is 1. The number of nitrogens with one attached hydrogen (secondary N) is 1. The molecule has 3 heteroatoms. The van der Waals surface area contributed by atoms with Crippen LogP contribution >= 0.6 is 0 Å². The predicted molar refractivity (Wildman–Crippen MR) is 85.4 cm³/mol. The second-order valence-electron chi connectivity index (χ2n) is 6.92. The van der Waals surface area contributed by atoms with Crippen LogP contribution in [0.25, 0.3) is 0 Å². The summed E-state index contributed by atoms with van der Waals surface area (Å²) >= 11 is 0. The minimum Gasteiger partial charge on any atom is -0.353 e. The van der Waals surface area contributed by atoms with Crippen LogP contribution in [0.2, 0.25) is 0 Å². The van der Waals surface area contributed by atoms with Gasteiger partial charge in [0.25, 0.3) is 0 Å². The zero-order valence-corrected chi connectivity index (χ0v) is 13.9. The summed E-state index contributed by atoms with van der Waals surface area (Å²) in [4.78, 5) is 12.7. The fourth-order valence-corrected chi connectivity index (χ4v) is 3.62. The summed E-state index contributed by atoms with van der Waals surface area (Å²) in [6, 6.07) is 0.355. The van der Waals surface area contributed by atoms with Gasteiger partial charge in [-0.1, -0.05) is 40.5 Å². The Morgan fingerprint density at radius 2 is 1.75 bits per heavy atom. The van der Waals surface area contributed by atoms with Crippen LogP contribution in [0.5, 0.6) is 0 Å². The van der Waals surface area contributed by atoms with Crippen molar-refractivity contribution in [3.05, 3.63) is 0 Å². The van der Waals surface area contributed by atoms with Gasteiger partial charge in [0.2, 0.25) is 5.91 Å². The summed E-state index contributed by atoms with van der Waals surface area (Å²) in [7, 11) is 0. The van der Waals surface area contributed by atoms with Crippen molar-refractivity contribution in [2.45, 2.75) is 78.7 Å². The van der Waals surface area contributed by atoms with E-state index in [1.54, 1.807) is 0 Å². The lowest BCUT2D eigenvalue weighted by Gasteiger charge is -2.37. The Bertz CT molecular complexity index is 297. The van der Waals surface area contributed by atoms with E-state index in [1.165, 1.54) is 6.42 Å². The molecular formula is C17H34N2O. The van der Waals surface area contributed by atoms with E-state index in [2.05, 4.69) is 33.0 Å². The average molecular weight is 282 g/mol. The van der Waals surface area contributed by atoms with Gasteiger partial charge in [0.1, 0.15) is 0 Å². The standard InChI is InChI=1S/C17H34N2O/c1-5-9-17(12-18,10-6-2)16(20)19-15-8-7-13(3)14(4)11-15/h13-15H,5-12,18H2,1-4H3,(H,19,20). The smallest absolute Gasteiger partial charge is 0.227 e. The number of amides is 1. The number of hydrogen-bond acceptors (Lipinski definition) is 2.